The molecule has 4 heteroatoms. The van der Waals surface area contributed by atoms with Crippen LogP contribution in [0.1, 0.15) is 51.2 Å². The van der Waals surface area contributed by atoms with E-state index in [4.69, 9.17) is 14.6 Å². The van der Waals surface area contributed by atoms with Crippen LogP contribution >= 0.6 is 0 Å². The van der Waals surface area contributed by atoms with Crippen molar-refractivity contribution >= 4 is 5.97 Å². The topological polar surface area (TPSA) is 55.8 Å². The van der Waals surface area contributed by atoms with Crippen LogP contribution in [0.2, 0.25) is 0 Å². The fraction of sp³-hybridized carbons (Fsp3) is 0.562. The molecule has 1 rings (SSSR count). The van der Waals surface area contributed by atoms with Crippen LogP contribution in [-0.4, -0.2) is 25.3 Å². The quantitative estimate of drug-likeness (QED) is 0.865. The molecule has 1 N–H and O–H groups in total. The maximum absolute atomic E-state index is 11.2. The van der Waals surface area contributed by atoms with Crippen molar-refractivity contribution < 1.29 is 19.4 Å². The zero-order valence-electron chi connectivity index (χ0n) is 13.1. The molecule has 0 aliphatic heterocycles. The lowest BCUT2D eigenvalue weighted by molar-refractivity contribution is -0.138. The van der Waals surface area contributed by atoms with E-state index in [2.05, 4.69) is 13.8 Å². The second-order valence-electron chi connectivity index (χ2n) is 5.87. The molecule has 0 unspecified atom stereocenters. The number of carbonyl (C=O) groups is 1. The molecule has 0 bridgehead atoms. The summed E-state index contributed by atoms with van der Waals surface area (Å²) in [7, 11) is 3.17. The lowest BCUT2D eigenvalue weighted by atomic mass is 9.76. The van der Waals surface area contributed by atoms with Crippen LogP contribution < -0.4 is 9.47 Å². The van der Waals surface area contributed by atoms with E-state index in [0.29, 0.717) is 11.5 Å². The monoisotopic (exact) mass is 280 g/mol. The van der Waals surface area contributed by atoms with E-state index in [1.807, 2.05) is 26.0 Å². The van der Waals surface area contributed by atoms with E-state index in [-0.39, 0.29) is 12.3 Å². The van der Waals surface area contributed by atoms with Gasteiger partial charge in [-0.1, -0.05) is 33.8 Å². The van der Waals surface area contributed by atoms with Gasteiger partial charge in [0.05, 0.1) is 20.6 Å². The van der Waals surface area contributed by atoms with E-state index >= 15 is 0 Å². The van der Waals surface area contributed by atoms with Crippen LogP contribution in [0.15, 0.2) is 12.1 Å². The highest BCUT2D eigenvalue weighted by atomic mass is 16.5. The Bertz CT molecular complexity index is 489. The van der Waals surface area contributed by atoms with Crippen molar-refractivity contribution in [1.29, 1.82) is 0 Å². The van der Waals surface area contributed by atoms with Gasteiger partial charge in [0, 0.05) is 11.0 Å². The minimum absolute atomic E-state index is 0.0379. The van der Waals surface area contributed by atoms with E-state index in [1.165, 1.54) is 0 Å². The molecule has 112 valence electrons. The third kappa shape index (κ3) is 3.24. The largest absolute Gasteiger partial charge is 0.493 e. The van der Waals surface area contributed by atoms with Crippen LogP contribution in [0.5, 0.6) is 11.5 Å². The summed E-state index contributed by atoms with van der Waals surface area (Å²) < 4.78 is 10.8. The highest BCUT2D eigenvalue weighted by molar-refractivity contribution is 5.70. The van der Waals surface area contributed by atoms with Crippen LogP contribution in [0, 0.1) is 0 Å². The molecule has 0 amide bonds. The summed E-state index contributed by atoms with van der Waals surface area (Å²) in [5.74, 6) is 0.711. The molecule has 1 aromatic rings. The van der Waals surface area contributed by atoms with E-state index in [9.17, 15) is 4.79 Å². The number of methoxy groups -OCH3 is 2. The number of carboxylic acid groups (broad SMARTS) is 1. The SMILES string of the molecule is COc1ccc(C(C)C)c(C(C)(C)CC(=O)O)c1OC. The standard InChI is InChI=1S/C16H24O4/c1-10(2)11-7-8-12(19-5)15(20-6)14(11)16(3,4)9-13(17)18/h7-8,10H,9H2,1-6H3,(H,17,18). The highest BCUT2D eigenvalue weighted by Crippen LogP contribution is 2.44. The van der Waals surface area contributed by atoms with Gasteiger partial charge >= 0.3 is 5.97 Å². The molecule has 0 heterocycles. The fourth-order valence-corrected chi connectivity index (χ4v) is 2.59. The van der Waals surface area contributed by atoms with Crippen LogP contribution in [0.4, 0.5) is 0 Å². The Kier molecular flexibility index (Phi) is 5.03. The van der Waals surface area contributed by atoms with E-state index in [1.54, 1.807) is 14.2 Å². The maximum Gasteiger partial charge on any atom is 0.304 e. The van der Waals surface area contributed by atoms with Gasteiger partial charge in [0.2, 0.25) is 0 Å². The molecular weight excluding hydrogens is 256 g/mol. The fourth-order valence-electron chi connectivity index (χ4n) is 2.59. The zero-order valence-corrected chi connectivity index (χ0v) is 13.1. The predicted octanol–water partition coefficient (Wildman–Crippen LogP) is 3.58. The molecule has 4 nitrogen and oxygen atoms in total. The molecule has 0 saturated heterocycles. The van der Waals surface area contributed by atoms with Gasteiger partial charge in [-0.2, -0.15) is 0 Å². The maximum atomic E-state index is 11.2. The Balaban J connectivity index is 3.57. The first kappa shape index (κ1) is 16.3. The number of aliphatic carboxylic acids is 1. The smallest absolute Gasteiger partial charge is 0.304 e. The highest BCUT2D eigenvalue weighted by Gasteiger charge is 2.32. The summed E-state index contributed by atoms with van der Waals surface area (Å²) in [4.78, 5) is 11.2. The van der Waals surface area contributed by atoms with Crippen LogP contribution in [0.25, 0.3) is 0 Å². The van der Waals surface area contributed by atoms with Crippen molar-refractivity contribution in [2.24, 2.45) is 0 Å². The summed E-state index contributed by atoms with van der Waals surface area (Å²) >= 11 is 0. The number of ether oxygens (including phenoxy) is 2. The molecule has 0 saturated carbocycles. The first-order valence-corrected chi connectivity index (χ1v) is 6.71. The third-order valence-corrected chi connectivity index (χ3v) is 3.47. The number of benzene rings is 1. The average molecular weight is 280 g/mol. The molecule has 0 spiro atoms. The Labute approximate surface area is 120 Å². The lowest BCUT2D eigenvalue weighted by Gasteiger charge is -2.30. The van der Waals surface area contributed by atoms with Crippen LogP contribution in [-0.2, 0) is 10.2 Å². The molecular formula is C16H24O4. The minimum atomic E-state index is -0.824. The van der Waals surface area contributed by atoms with Gasteiger partial charge in [0.25, 0.3) is 0 Å². The Morgan fingerprint density at radius 3 is 2.25 bits per heavy atom. The Morgan fingerprint density at radius 1 is 1.25 bits per heavy atom. The Hall–Kier alpha value is -1.71. The molecule has 0 atom stereocenters. The van der Waals surface area contributed by atoms with Gasteiger partial charge in [0.1, 0.15) is 0 Å². The van der Waals surface area contributed by atoms with Crippen molar-refractivity contribution in [1.82, 2.24) is 0 Å². The molecule has 0 aliphatic rings. The van der Waals surface area contributed by atoms with Crippen molar-refractivity contribution in [2.45, 2.75) is 45.4 Å². The van der Waals surface area contributed by atoms with Gasteiger partial charge < -0.3 is 14.6 Å². The van der Waals surface area contributed by atoms with Crippen molar-refractivity contribution in [2.75, 3.05) is 14.2 Å². The normalized spacial score (nSPS) is 11.6. The van der Waals surface area contributed by atoms with Gasteiger partial charge in [-0.05, 0) is 17.5 Å². The van der Waals surface area contributed by atoms with Crippen molar-refractivity contribution in [3.8, 4) is 11.5 Å². The van der Waals surface area contributed by atoms with Gasteiger partial charge in [0.15, 0.2) is 11.5 Å². The Morgan fingerprint density at radius 2 is 1.85 bits per heavy atom. The van der Waals surface area contributed by atoms with E-state index < -0.39 is 11.4 Å². The van der Waals surface area contributed by atoms with Crippen molar-refractivity contribution in [3.63, 3.8) is 0 Å². The van der Waals surface area contributed by atoms with Gasteiger partial charge in [-0.15, -0.1) is 0 Å². The number of rotatable bonds is 6. The molecule has 0 fully saturated rings. The number of carboxylic acids is 1. The minimum Gasteiger partial charge on any atom is -0.493 e. The van der Waals surface area contributed by atoms with Gasteiger partial charge in [-0.3, -0.25) is 4.79 Å². The molecule has 0 aliphatic carbocycles. The van der Waals surface area contributed by atoms with Crippen molar-refractivity contribution in [3.05, 3.63) is 23.3 Å². The zero-order chi connectivity index (χ0) is 15.5. The predicted molar refractivity (Wildman–Crippen MR) is 78.9 cm³/mol. The second kappa shape index (κ2) is 6.16. The molecule has 20 heavy (non-hydrogen) atoms. The molecule has 1 aromatic carbocycles. The molecule has 0 radical (unpaired) electrons. The molecule has 0 aromatic heterocycles. The van der Waals surface area contributed by atoms with Crippen LogP contribution in [0.3, 0.4) is 0 Å². The first-order chi connectivity index (χ1) is 9.24. The summed E-state index contributed by atoms with van der Waals surface area (Å²) in [6.07, 6.45) is 0.0379. The number of hydrogen-bond donors (Lipinski definition) is 1. The summed E-state index contributed by atoms with van der Waals surface area (Å²) in [5, 5.41) is 9.16. The summed E-state index contributed by atoms with van der Waals surface area (Å²) in [5.41, 5.74) is 1.47. The third-order valence-electron chi connectivity index (χ3n) is 3.47. The number of hydrogen-bond acceptors (Lipinski definition) is 3. The lowest BCUT2D eigenvalue weighted by Crippen LogP contribution is -2.25. The summed E-state index contributed by atoms with van der Waals surface area (Å²) in [6, 6.07) is 3.86. The second-order valence-corrected chi connectivity index (χ2v) is 5.87. The first-order valence-electron chi connectivity index (χ1n) is 6.71. The summed E-state index contributed by atoms with van der Waals surface area (Å²) in [6.45, 7) is 8.01. The van der Waals surface area contributed by atoms with Gasteiger partial charge in [-0.25, -0.2) is 0 Å². The average Bonchev–Trinajstić information content (AvgIpc) is 2.34. The van der Waals surface area contributed by atoms with E-state index in [0.717, 1.165) is 11.1 Å².